The summed E-state index contributed by atoms with van der Waals surface area (Å²) in [4.78, 5) is -0.242. The van der Waals surface area contributed by atoms with E-state index in [-0.39, 0.29) is 15.8 Å². The highest BCUT2D eigenvalue weighted by Crippen LogP contribution is 2.45. The maximum Gasteiger partial charge on any atom is 0.154 e. The lowest BCUT2D eigenvalue weighted by Gasteiger charge is -2.29. The molecule has 2 unspecified atom stereocenters. The van der Waals surface area contributed by atoms with E-state index in [0.717, 1.165) is 39.8 Å². The third kappa shape index (κ3) is 3.32. The lowest BCUT2D eigenvalue weighted by molar-refractivity contribution is 0.404. The molecule has 3 nitrogen and oxygen atoms in total. The van der Waals surface area contributed by atoms with Crippen LogP contribution in [0.1, 0.15) is 40.8 Å². The topological polar surface area (TPSA) is 43.4 Å². The van der Waals surface area contributed by atoms with E-state index in [1.807, 2.05) is 19.9 Å². The van der Waals surface area contributed by atoms with Crippen LogP contribution in [0, 0.1) is 13.8 Å². The average molecular weight is 440 g/mol. The fourth-order valence-electron chi connectivity index (χ4n) is 2.97. The molecule has 21 heavy (non-hydrogen) atoms. The summed E-state index contributed by atoms with van der Waals surface area (Å²) in [7, 11) is -1.42. The highest BCUT2D eigenvalue weighted by atomic mass is 79.9. The molecular formula is C15H20Br2O3S. The standard InChI is InChI=1S/C15H20Br2O3S/c1-9-8-11(16)10(2)13(15(9)20-3)14(17)12-6-4-5-7-21(12,18)19/h8,12,14H,4-7H2,1-3H3. The molecule has 6 heteroatoms. The number of methoxy groups -OCH3 is 1. The Bertz CT molecular complexity index is 641. The smallest absolute Gasteiger partial charge is 0.154 e. The fraction of sp³-hybridized carbons (Fsp3) is 0.600. The number of sulfone groups is 1. The molecule has 1 fully saturated rings. The number of hydrogen-bond donors (Lipinski definition) is 0. The maximum atomic E-state index is 12.4. The second-order valence-corrected chi connectivity index (χ2v) is 9.73. The summed E-state index contributed by atoms with van der Waals surface area (Å²) < 4.78 is 31.3. The highest BCUT2D eigenvalue weighted by Gasteiger charge is 2.37. The number of hydrogen-bond acceptors (Lipinski definition) is 3. The first kappa shape index (κ1) is 17.3. The zero-order valence-corrected chi connectivity index (χ0v) is 16.4. The number of aryl methyl sites for hydroxylation is 1. The van der Waals surface area contributed by atoms with Crippen LogP contribution in [0.15, 0.2) is 10.5 Å². The van der Waals surface area contributed by atoms with Gasteiger partial charge in [0.05, 0.1) is 22.9 Å². The Kier molecular flexibility index (Phi) is 5.42. The van der Waals surface area contributed by atoms with Crippen LogP contribution in [0.5, 0.6) is 5.75 Å². The summed E-state index contributed by atoms with van der Waals surface area (Å²) in [5.74, 6) is 1.06. The highest BCUT2D eigenvalue weighted by molar-refractivity contribution is 9.10. The zero-order chi connectivity index (χ0) is 15.8. The molecule has 1 aliphatic rings. The van der Waals surface area contributed by atoms with Gasteiger partial charge in [0, 0.05) is 10.0 Å². The largest absolute Gasteiger partial charge is 0.496 e. The van der Waals surface area contributed by atoms with E-state index in [0.29, 0.717) is 6.42 Å². The van der Waals surface area contributed by atoms with Crippen molar-refractivity contribution in [3.05, 3.63) is 27.2 Å². The van der Waals surface area contributed by atoms with Gasteiger partial charge in [0.1, 0.15) is 5.75 Å². The van der Waals surface area contributed by atoms with Gasteiger partial charge in [-0.25, -0.2) is 8.42 Å². The van der Waals surface area contributed by atoms with Crippen LogP contribution >= 0.6 is 31.9 Å². The van der Waals surface area contributed by atoms with Crippen LogP contribution in [0.4, 0.5) is 0 Å². The quantitative estimate of drug-likeness (QED) is 0.652. The van der Waals surface area contributed by atoms with E-state index in [4.69, 9.17) is 4.74 Å². The van der Waals surface area contributed by atoms with Gasteiger partial charge in [-0.3, -0.25) is 0 Å². The van der Waals surface area contributed by atoms with Gasteiger partial charge in [-0.2, -0.15) is 0 Å². The van der Waals surface area contributed by atoms with Crippen LogP contribution in [-0.2, 0) is 9.84 Å². The average Bonchev–Trinajstić information content (AvgIpc) is 2.41. The molecule has 2 atom stereocenters. The van der Waals surface area contributed by atoms with Gasteiger partial charge in [-0.05, 0) is 43.9 Å². The van der Waals surface area contributed by atoms with Crippen molar-refractivity contribution in [2.45, 2.75) is 43.2 Å². The molecule has 1 aromatic rings. The Morgan fingerprint density at radius 2 is 2.00 bits per heavy atom. The first-order valence-electron chi connectivity index (χ1n) is 6.98. The van der Waals surface area contributed by atoms with Crippen molar-refractivity contribution < 1.29 is 13.2 Å². The second-order valence-electron chi connectivity index (χ2n) is 5.55. The van der Waals surface area contributed by atoms with Gasteiger partial charge in [-0.15, -0.1) is 0 Å². The van der Waals surface area contributed by atoms with E-state index >= 15 is 0 Å². The van der Waals surface area contributed by atoms with Gasteiger partial charge in [-0.1, -0.05) is 38.3 Å². The normalized spacial score (nSPS) is 22.8. The second kappa shape index (κ2) is 6.59. The maximum absolute atomic E-state index is 12.4. The van der Waals surface area contributed by atoms with Crippen molar-refractivity contribution in [1.29, 1.82) is 0 Å². The van der Waals surface area contributed by atoms with E-state index in [9.17, 15) is 8.42 Å². The molecule has 1 aromatic carbocycles. The van der Waals surface area contributed by atoms with Gasteiger partial charge in [0.2, 0.25) is 0 Å². The van der Waals surface area contributed by atoms with Crippen molar-refractivity contribution in [3.8, 4) is 5.75 Å². The minimum absolute atomic E-state index is 0.242. The number of benzene rings is 1. The predicted octanol–water partition coefficient (Wildman–Crippen LogP) is 4.48. The van der Waals surface area contributed by atoms with Crippen molar-refractivity contribution in [2.24, 2.45) is 0 Å². The minimum Gasteiger partial charge on any atom is -0.496 e. The lowest BCUT2D eigenvalue weighted by atomic mass is 9.97. The van der Waals surface area contributed by atoms with Gasteiger partial charge in [0.25, 0.3) is 0 Å². The van der Waals surface area contributed by atoms with E-state index in [2.05, 4.69) is 31.9 Å². The van der Waals surface area contributed by atoms with Crippen LogP contribution in [0.3, 0.4) is 0 Å². The molecule has 0 bridgehead atoms. The summed E-state index contributed by atoms with van der Waals surface area (Å²) in [6.45, 7) is 3.96. The van der Waals surface area contributed by atoms with E-state index < -0.39 is 9.84 Å². The third-order valence-electron chi connectivity index (χ3n) is 4.14. The predicted molar refractivity (Wildman–Crippen MR) is 93.3 cm³/mol. The van der Waals surface area contributed by atoms with Crippen molar-refractivity contribution >= 4 is 41.7 Å². The number of alkyl halides is 1. The molecule has 1 saturated heterocycles. The molecule has 1 heterocycles. The van der Waals surface area contributed by atoms with Crippen LogP contribution in [-0.4, -0.2) is 26.5 Å². The number of ether oxygens (including phenoxy) is 1. The van der Waals surface area contributed by atoms with Crippen LogP contribution in [0.2, 0.25) is 0 Å². The molecule has 0 N–H and O–H groups in total. The third-order valence-corrected chi connectivity index (χ3v) is 8.70. The molecule has 0 radical (unpaired) electrons. The summed E-state index contributed by atoms with van der Waals surface area (Å²) in [5, 5.41) is -0.382. The molecule has 0 spiro atoms. The molecule has 118 valence electrons. The van der Waals surface area contributed by atoms with Gasteiger partial charge in [0.15, 0.2) is 9.84 Å². The SMILES string of the molecule is COc1c(C)cc(Br)c(C)c1C(Br)C1CCCCS1(=O)=O. The Balaban J connectivity index is 2.55. The summed E-state index contributed by atoms with van der Waals surface area (Å²) >= 11 is 7.21. The van der Waals surface area contributed by atoms with E-state index in [1.165, 1.54) is 0 Å². The molecular weight excluding hydrogens is 420 g/mol. The van der Waals surface area contributed by atoms with Gasteiger partial charge < -0.3 is 4.74 Å². The molecule has 0 saturated carbocycles. The van der Waals surface area contributed by atoms with Crippen molar-refractivity contribution in [2.75, 3.05) is 12.9 Å². The summed E-state index contributed by atoms with van der Waals surface area (Å²) in [6.07, 6.45) is 2.43. The van der Waals surface area contributed by atoms with Crippen molar-refractivity contribution in [1.82, 2.24) is 0 Å². The first-order valence-corrected chi connectivity index (χ1v) is 10.4. The number of halogens is 2. The van der Waals surface area contributed by atoms with Crippen LogP contribution in [0.25, 0.3) is 0 Å². The Morgan fingerprint density at radius 3 is 2.57 bits per heavy atom. The van der Waals surface area contributed by atoms with Crippen LogP contribution < -0.4 is 4.74 Å². The summed E-state index contributed by atoms with van der Waals surface area (Å²) in [6, 6.07) is 2.01. The van der Waals surface area contributed by atoms with Gasteiger partial charge >= 0.3 is 0 Å². The first-order chi connectivity index (χ1) is 9.79. The molecule has 0 amide bonds. The van der Waals surface area contributed by atoms with Crippen molar-refractivity contribution in [3.63, 3.8) is 0 Å². The molecule has 1 aliphatic heterocycles. The number of rotatable bonds is 3. The molecule has 0 aromatic heterocycles. The van der Waals surface area contributed by atoms with E-state index in [1.54, 1.807) is 7.11 Å². The monoisotopic (exact) mass is 438 g/mol. The summed E-state index contributed by atoms with van der Waals surface area (Å²) in [5.41, 5.74) is 2.97. The fourth-order valence-corrected chi connectivity index (χ4v) is 7.27. The Hall–Kier alpha value is -0.0700. The molecule has 2 rings (SSSR count). The Labute approximate surface area is 143 Å². The molecule has 0 aliphatic carbocycles. The lowest BCUT2D eigenvalue weighted by Crippen LogP contribution is -2.32. The Morgan fingerprint density at radius 1 is 1.33 bits per heavy atom. The minimum atomic E-state index is -3.06. The zero-order valence-electron chi connectivity index (χ0n) is 12.4.